The second kappa shape index (κ2) is 6.50. The van der Waals surface area contributed by atoms with Crippen molar-refractivity contribution in [2.75, 3.05) is 6.61 Å². The molecule has 0 saturated carbocycles. The van der Waals surface area contributed by atoms with Crippen LogP contribution in [-0.4, -0.2) is 17.6 Å². The van der Waals surface area contributed by atoms with Crippen molar-refractivity contribution < 1.29 is 9.53 Å². The maximum Gasteiger partial charge on any atom is 0.340 e. The summed E-state index contributed by atoms with van der Waals surface area (Å²) in [5.41, 5.74) is 3.93. The van der Waals surface area contributed by atoms with Crippen molar-refractivity contribution in [1.29, 1.82) is 0 Å². The third-order valence-corrected chi connectivity index (χ3v) is 4.21. The summed E-state index contributed by atoms with van der Waals surface area (Å²) in [6.07, 6.45) is 0. The first kappa shape index (κ1) is 15.7. The van der Waals surface area contributed by atoms with Gasteiger partial charge < -0.3 is 4.74 Å². The van der Waals surface area contributed by atoms with E-state index in [1.807, 2.05) is 55.5 Å². The lowest BCUT2D eigenvalue weighted by Crippen LogP contribution is -2.10. The Hall–Kier alpha value is -2.20. The molecule has 3 aromatic rings. The van der Waals surface area contributed by atoms with Crippen molar-refractivity contribution in [3.8, 4) is 11.1 Å². The number of carbonyl (C=O) groups excluding carboxylic acids is 1. The van der Waals surface area contributed by atoms with Crippen LogP contribution in [0, 0.1) is 6.92 Å². The SMILES string of the molecule is CCOC(=O)c1c(C)nc2ccccc2c1-c1ccc(Br)cc1. The van der Waals surface area contributed by atoms with Crippen LogP contribution in [0.2, 0.25) is 0 Å². The van der Waals surface area contributed by atoms with Gasteiger partial charge in [-0.2, -0.15) is 0 Å². The summed E-state index contributed by atoms with van der Waals surface area (Å²) in [6, 6.07) is 15.8. The first-order valence-corrected chi connectivity index (χ1v) is 8.23. The normalized spacial score (nSPS) is 10.7. The maximum atomic E-state index is 12.5. The van der Waals surface area contributed by atoms with Crippen molar-refractivity contribution in [3.05, 3.63) is 64.3 Å². The highest BCUT2D eigenvalue weighted by Gasteiger charge is 2.21. The Kier molecular flexibility index (Phi) is 4.44. The lowest BCUT2D eigenvalue weighted by Gasteiger charge is -2.15. The van der Waals surface area contributed by atoms with E-state index in [9.17, 15) is 4.79 Å². The molecule has 1 heterocycles. The number of halogens is 1. The van der Waals surface area contributed by atoms with Gasteiger partial charge in [-0.25, -0.2) is 4.79 Å². The van der Waals surface area contributed by atoms with Gasteiger partial charge in [-0.05, 0) is 37.6 Å². The molecule has 0 atom stereocenters. The van der Waals surface area contributed by atoms with E-state index in [1.54, 1.807) is 6.92 Å². The number of fused-ring (bicyclic) bond motifs is 1. The molecule has 0 aliphatic rings. The number of nitrogens with zero attached hydrogens (tertiary/aromatic N) is 1. The maximum absolute atomic E-state index is 12.5. The van der Waals surface area contributed by atoms with E-state index < -0.39 is 0 Å². The zero-order valence-corrected chi connectivity index (χ0v) is 14.6. The number of rotatable bonds is 3. The van der Waals surface area contributed by atoms with E-state index >= 15 is 0 Å². The van der Waals surface area contributed by atoms with E-state index in [4.69, 9.17) is 4.74 Å². The van der Waals surface area contributed by atoms with Crippen molar-refractivity contribution in [3.63, 3.8) is 0 Å². The summed E-state index contributed by atoms with van der Waals surface area (Å²) >= 11 is 3.45. The summed E-state index contributed by atoms with van der Waals surface area (Å²) in [5.74, 6) is -0.332. The number of esters is 1. The first-order valence-electron chi connectivity index (χ1n) is 7.44. The van der Waals surface area contributed by atoms with Crippen molar-refractivity contribution in [1.82, 2.24) is 4.98 Å². The second-order valence-electron chi connectivity index (χ2n) is 5.19. The molecule has 0 unspecified atom stereocenters. The molecule has 0 aliphatic heterocycles. The van der Waals surface area contributed by atoms with Crippen LogP contribution in [0.1, 0.15) is 23.0 Å². The number of aromatic nitrogens is 1. The molecule has 0 saturated heterocycles. The van der Waals surface area contributed by atoms with Crippen LogP contribution in [0.5, 0.6) is 0 Å². The quantitative estimate of drug-likeness (QED) is 0.599. The molecule has 0 aliphatic carbocycles. The Bertz CT molecular complexity index is 872. The number of ether oxygens (including phenoxy) is 1. The standard InChI is InChI=1S/C19H16BrNO2/c1-3-23-19(22)17-12(2)21-16-7-5-4-6-15(16)18(17)13-8-10-14(20)11-9-13/h4-11H,3H2,1-2H3. The summed E-state index contributed by atoms with van der Waals surface area (Å²) in [4.78, 5) is 17.1. The molecule has 0 bridgehead atoms. The highest BCUT2D eigenvalue weighted by atomic mass is 79.9. The van der Waals surface area contributed by atoms with E-state index in [0.717, 1.165) is 26.5 Å². The van der Waals surface area contributed by atoms with E-state index in [-0.39, 0.29) is 5.97 Å². The van der Waals surface area contributed by atoms with Gasteiger partial charge in [-0.3, -0.25) is 4.98 Å². The van der Waals surface area contributed by atoms with Crippen LogP contribution in [-0.2, 0) is 4.74 Å². The number of hydrogen-bond donors (Lipinski definition) is 0. The van der Waals surface area contributed by atoms with Crippen LogP contribution in [0.25, 0.3) is 22.0 Å². The van der Waals surface area contributed by atoms with E-state index in [0.29, 0.717) is 17.9 Å². The zero-order chi connectivity index (χ0) is 16.4. The molecule has 0 N–H and O–H groups in total. The van der Waals surface area contributed by atoms with Crippen molar-refractivity contribution in [2.24, 2.45) is 0 Å². The Balaban J connectivity index is 2.36. The van der Waals surface area contributed by atoms with Gasteiger partial charge in [-0.15, -0.1) is 0 Å². The third kappa shape index (κ3) is 2.99. The third-order valence-electron chi connectivity index (χ3n) is 3.69. The van der Waals surface area contributed by atoms with Gasteiger partial charge in [0.15, 0.2) is 0 Å². The molecular formula is C19H16BrNO2. The smallest absolute Gasteiger partial charge is 0.340 e. The molecule has 3 nitrogen and oxygen atoms in total. The Morgan fingerprint density at radius 2 is 1.83 bits per heavy atom. The molecule has 23 heavy (non-hydrogen) atoms. The van der Waals surface area contributed by atoms with Crippen LogP contribution >= 0.6 is 15.9 Å². The summed E-state index contributed by atoms with van der Waals surface area (Å²) in [7, 11) is 0. The minimum atomic E-state index is -0.332. The van der Waals surface area contributed by atoms with E-state index in [1.165, 1.54) is 0 Å². The molecule has 2 aromatic carbocycles. The predicted molar refractivity (Wildman–Crippen MR) is 95.6 cm³/mol. The minimum Gasteiger partial charge on any atom is -0.462 e. The molecule has 0 amide bonds. The lowest BCUT2D eigenvalue weighted by molar-refractivity contribution is 0.0526. The average molecular weight is 370 g/mol. The largest absolute Gasteiger partial charge is 0.462 e. The predicted octanol–water partition coefficient (Wildman–Crippen LogP) is 5.15. The number of carbonyl (C=O) groups is 1. The van der Waals surface area contributed by atoms with Gasteiger partial charge in [0, 0.05) is 15.4 Å². The number of para-hydroxylation sites is 1. The second-order valence-corrected chi connectivity index (χ2v) is 6.11. The van der Waals surface area contributed by atoms with E-state index in [2.05, 4.69) is 20.9 Å². The Morgan fingerprint density at radius 3 is 2.52 bits per heavy atom. The monoisotopic (exact) mass is 369 g/mol. The zero-order valence-electron chi connectivity index (χ0n) is 13.0. The number of aryl methyl sites for hydroxylation is 1. The van der Waals surface area contributed by atoms with Gasteiger partial charge in [0.1, 0.15) is 0 Å². The average Bonchev–Trinajstić information content (AvgIpc) is 2.54. The van der Waals surface area contributed by atoms with Crippen LogP contribution in [0.15, 0.2) is 53.0 Å². The molecule has 0 spiro atoms. The van der Waals surface area contributed by atoms with Crippen molar-refractivity contribution >= 4 is 32.8 Å². The number of hydrogen-bond acceptors (Lipinski definition) is 3. The summed E-state index contributed by atoms with van der Waals surface area (Å²) < 4.78 is 6.25. The molecule has 1 aromatic heterocycles. The first-order chi connectivity index (χ1) is 11.1. The molecule has 0 fully saturated rings. The van der Waals surface area contributed by atoms with Gasteiger partial charge in [0.05, 0.1) is 23.4 Å². The fraction of sp³-hybridized carbons (Fsp3) is 0.158. The summed E-state index contributed by atoms with van der Waals surface area (Å²) in [5, 5.41) is 0.948. The van der Waals surface area contributed by atoms with Gasteiger partial charge in [0.25, 0.3) is 0 Å². The Labute approximate surface area is 143 Å². The van der Waals surface area contributed by atoms with Crippen LogP contribution in [0.4, 0.5) is 0 Å². The van der Waals surface area contributed by atoms with Crippen LogP contribution in [0.3, 0.4) is 0 Å². The fourth-order valence-corrected chi connectivity index (χ4v) is 2.97. The molecular weight excluding hydrogens is 354 g/mol. The molecule has 0 radical (unpaired) electrons. The molecule has 116 valence electrons. The van der Waals surface area contributed by atoms with Gasteiger partial charge in [0.2, 0.25) is 0 Å². The summed E-state index contributed by atoms with van der Waals surface area (Å²) in [6.45, 7) is 3.99. The van der Waals surface area contributed by atoms with Crippen LogP contribution < -0.4 is 0 Å². The Morgan fingerprint density at radius 1 is 1.13 bits per heavy atom. The fourth-order valence-electron chi connectivity index (χ4n) is 2.70. The number of benzene rings is 2. The lowest BCUT2D eigenvalue weighted by atomic mass is 9.94. The van der Waals surface area contributed by atoms with Gasteiger partial charge in [-0.1, -0.05) is 46.3 Å². The van der Waals surface area contributed by atoms with Gasteiger partial charge >= 0.3 is 5.97 Å². The minimum absolute atomic E-state index is 0.332. The molecule has 3 rings (SSSR count). The topological polar surface area (TPSA) is 39.2 Å². The number of pyridine rings is 1. The highest BCUT2D eigenvalue weighted by Crippen LogP contribution is 2.34. The molecule has 4 heteroatoms. The highest BCUT2D eigenvalue weighted by molar-refractivity contribution is 9.10. The van der Waals surface area contributed by atoms with Crippen molar-refractivity contribution in [2.45, 2.75) is 13.8 Å².